The van der Waals surface area contributed by atoms with Crippen LogP contribution in [-0.4, -0.2) is 28.8 Å². The standard InChI is InChI=1S/C22H26F3N4OP/c1-31(2,30)17-5-3-16(4-6-17)27-20-26-12-18(22(23,24)25)19(28-20)29-21-9-13-7-14(10-21)15(8-13)11-21/h3-6,12-15H,7-11H2,1-2H3,(H2,26,27,28,29). The highest BCUT2D eigenvalue weighted by Gasteiger charge is 2.56. The molecule has 4 aliphatic carbocycles. The van der Waals surface area contributed by atoms with Crippen LogP contribution >= 0.6 is 7.14 Å². The van der Waals surface area contributed by atoms with Gasteiger partial charge in [0.05, 0.1) is 0 Å². The van der Waals surface area contributed by atoms with Crippen LogP contribution in [0.15, 0.2) is 30.5 Å². The predicted octanol–water partition coefficient (Wildman–Crippen LogP) is 5.48. The van der Waals surface area contributed by atoms with Crippen LogP contribution in [0.2, 0.25) is 0 Å². The largest absolute Gasteiger partial charge is 0.421 e. The van der Waals surface area contributed by atoms with Gasteiger partial charge in [0.15, 0.2) is 0 Å². The average Bonchev–Trinajstić information content (AvgIpc) is 3.06. The molecule has 4 aliphatic rings. The van der Waals surface area contributed by atoms with Crippen LogP contribution in [0.5, 0.6) is 0 Å². The number of hydrogen-bond donors (Lipinski definition) is 2. The van der Waals surface area contributed by atoms with Crippen molar-refractivity contribution in [2.24, 2.45) is 17.8 Å². The number of nitrogens with zero attached hydrogens (tertiary/aromatic N) is 2. The summed E-state index contributed by atoms with van der Waals surface area (Å²) in [6.45, 7) is 3.38. The van der Waals surface area contributed by atoms with Crippen molar-refractivity contribution in [2.75, 3.05) is 24.0 Å². The monoisotopic (exact) mass is 450 g/mol. The van der Waals surface area contributed by atoms with E-state index >= 15 is 0 Å². The lowest BCUT2D eigenvalue weighted by Crippen LogP contribution is -2.42. The number of anilines is 3. The zero-order valence-electron chi connectivity index (χ0n) is 17.5. The van der Waals surface area contributed by atoms with Crippen molar-refractivity contribution in [3.05, 3.63) is 36.0 Å². The molecule has 1 heterocycles. The molecule has 5 nitrogen and oxygen atoms in total. The van der Waals surface area contributed by atoms with Crippen molar-refractivity contribution in [3.63, 3.8) is 0 Å². The summed E-state index contributed by atoms with van der Waals surface area (Å²) in [5.74, 6) is 1.84. The van der Waals surface area contributed by atoms with E-state index in [-0.39, 0.29) is 17.3 Å². The average molecular weight is 450 g/mol. The van der Waals surface area contributed by atoms with E-state index < -0.39 is 18.9 Å². The van der Waals surface area contributed by atoms with Crippen LogP contribution in [0.4, 0.5) is 30.6 Å². The summed E-state index contributed by atoms with van der Waals surface area (Å²) in [7, 11) is -2.38. The summed E-state index contributed by atoms with van der Waals surface area (Å²) >= 11 is 0. The van der Waals surface area contributed by atoms with E-state index in [4.69, 9.17) is 0 Å². The zero-order valence-corrected chi connectivity index (χ0v) is 18.4. The summed E-state index contributed by atoms with van der Waals surface area (Å²) < 4.78 is 53.2. The Morgan fingerprint density at radius 3 is 2.26 bits per heavy atom. The minimum Gasteiger partial charge on any atom is -0.364 e. The normalized spacial score (nSPS) is 29.4. The number of rotatable bonds is 5. The molecule has 0 saturated heterocycles. The van der Waals surface area contributed by atoms with E-state index in [1.165, 1.54) is 12.8 Å². The lowest BCUT2D eigenvalue weighted by Gasteiger charge is -2.40. The Kier molecular flexibility index (Phi) is 4.67. The molecule has 9 heteroatoms. The highest BCUT2D eigenvalue weighted by Crippen LogP contribution is 2.61. The van der Waals surface area contributed by atoms with Gasteiger partial charge in [-0.25, -0.2) is 4.98 Å². The Labute approximate surface area is 179 Å². The number of halogens is 3. The molecular formula is C22H26F3N4OP. The van der Waals surface area contributed by atoms with Gasteiger partial charge in [-0.2, -0.15) is 18.2 Å². The summed E-state index contributed by atoms with van der Waals surface area (Å²) in [5.41, 5.74) is -0.489. The fraction of sp³-hybridized carbons (Fsp3) is 0.545. The van der Waals surface area contributed by atoms with Crippen LogP contribution in [-0.2, 0) is 10.7 Å². The van der Waals surface area contributed by atoms with Crippen molar-refractivity contribution in [3.8, 4) is 0 Å². The summed E-state index contributed by atoms with van der Waals surface area (Å²) in [5, 5.41) is 6.94. The summed E-state index contributed by atoms with van der Waals surface area (Å²) in [4.78, 5) is 8.15. The van der Waals surface area contributed by atoms with Crippen LogP contribution in [0.1, 0.15) is 37.7 Å². The smallest absolute Gasteiger partial charge is 0.364 e. The number of nitrogens with one attached hydrogen (secondary N) is 2. The van der Waals surface area contributed by atoms with Crippen molar-refractivity contribution in [2.45, 2.75) is 43.8 Å². The number of aromatic nitrogens is 2. The molecule has 31 heavy (non-hydrogen) atoms. The second kappa shape index (κ2) is 6.96. The second-order valence-corrected chi connectivity index (χ2v) is 13.1. The molecule has 2 aromatic rings. The highest BCUT2D eigenvalue weighted by atomic mass is 31.2. The van der Waals surface area contributed by atoms with Gasteiger partial charge in [-0.05, 0) is 87.5 Å². The molecule has 0 spiro atoms. The first-order chi connectivity index (χ1) is 14.5. The number of hydrogen-bond acceptors (Lipinski definition) is 5. The molecule has 4 saturated carbocycles. The van der Waals surface area contributed by atoms with Gasteiger partial charge in [-0.15, -0.1) is 0 Å². The van der Waals surface area contributed by atoms with Gasteiger partial charge in [0.2, 0.25) is 5.95 Å². The maximum absolute atomic E-state index is 13.7. The van der Waals surface area contributed by atoms with Gasteiger partial charge >= 0.3 is 6.18 Å². The topological polar surface area (TPSA) is 66.9 Å². The van der Waals surface area contributed by atoms with Crippen LogP contribution < -0.4 is 15.9 Å². The lowest BCUT2D eigenvalue weighted by molar-refractivity contribution is -0.137. The molecule has 2 atom stereocenters. The van der Waals surface area contributed by atoms with Gasteiger partial charge in [0, 0.05) is 22.7 Å². The van der Waals surface area contributed by atoms with Crippen LogP contribution in [0.3, 0.4) is 0 Å². The van der Waals surface area contributed by atoms with Crippen molar-refractivity contribution in [1.82, 2.24) is 9.97 Å². The summed E-state index contributed by atoms with van der Waals surface area (Å²) in [6.07, 6.45) is 1.52. The lowest BCUT2D eigenvalue weighted by atomic mass is 9.76. The minimum atomic E-state index is -4.53. The second-order valence-electron chi connectivity index (χ2n) is 9.85. The maximum atomic E-state index is 13.7. The molecule has 166 valence electrons. The van der Waals surface area contributed by atoms with E-state index in [2.05, 4.69) is 20.6 Å². The van der Waals surface area contributed by atoms with Crippen LogP contribution in [0, 0.1) is 17.8 Å². The molecule has 6 rings (SSSR count). The van der Waals surface area contributed by atoms with Crippen LogP contribution in [0.25, 0.3) is 0 Å². The SMILES string of the molecule is CP(C)(=O)c1ccc(Nc2ncc(C(F)(F)F)c(NC34CC5CC(C3)C(C5)C4)n2)cc1. The molecule has 4 bridgehead atoms. The van der Waals surface area contributed by atoms with Crippen molar-refractivity contribution >= 4 is 29.9 Å². The molecule has 0 amide bonds. The van der Waals surface area contributed by atoms with Crippen molar-refractivity contribution < 1.29 is 17.7 Å². The Hall–Kier alpha value is -2.08. The predicted molar refractivity (Wildman–Crippen MR) is 116 cm³/mol. The van der Waals surface area contributed by atoms with Gasteiger partial charge < -0.3 is 15.2 Å². The first kappa shape index (κ1) is 20.8. The molecule has 2 N–H and O–H groups in total. The Morgan fingerprint density at radius 2 is 1.71 bits per heavy atom. The fourth-order valence-corrected chi connectivity index (χ4v) is 6.86. The van der Waals surface area contributed by atoms with Crippen molar-refractivity contribution in [1.29, 1.82) is 0 Å². The van der Waals surface area contributed by atoms with E-state index in [9.17, 15) is 17.7 Å². The Balaban J connectivity index is 1.42. The summed E-state index contributed by atoms with van der Waals surface area (Å²) in [6, 6.07) is 6.96. The third kappa shape index (κ3) is 3.95. The third-order valence-corrected chi connectivity index (χ3v) is 8.69. The minimum absolute atomic E-state index is 0.103. The molecular weight excluding hydrogens is 424 g/mol. The highest BCUT2D eigenvalue weighted by molar-refractivity contribution is 7.70. The third-order valence-electron chi connectivity index (χ3n) is 7.15. The number of alkyl halides is 3. The van der Waals surface area contributed by atoms with Gasteiger partial charge in [0.25, 0.3) is 0 Å². The van der Waals surface area contributed by atoms with Gasteiger partial charge in [-0.3, -0.25) is 0 Å². The van der Waals surface area contributed by atoms with E-state index in [0.29, 0.717) is 23.4 Å². The first-order valence-electron chi connectivity index (χ1n) is 10.7. The molecule has 1 aromatic carbocycles. The molecule has 4 fully saturated rings. The quantitative estimate of drug-likeness (QED) is 0.591. The first-order valence-corrected chi connectivity index (χ1v) is 13.3. The van der Waals surface area contributed by atoms with E-state index in [1.807, 2.05) is 0 Å². The Morgan fingerprint density at radius 1 is 1.06 bits per heavy atom. The van der Waals surface area contributed by atoms with Gasteiger partial charge in [0.1, 0.15) is 18.5 Å². The molecule has 1 aromatic heterocycles. The van der Waals surface area contributed by atoms with Gasteiger partial charge in [-0.1, -0.05) is 0 Å². The Bertz CT molecular complexity index is 1030. The molecule has 0 aliphatic heterocycles. The fourth-order valence-electron chi connectivity index (χ4n) is 5.99. The number of benzene rings is 1. The zero-order chi connectivity index (χ0) is 22.0. The molecule has 0 radical (unpaired) electrons. The van der Waals surface area contributed by atoms with E-state index in [0.717, 1.165) is 30.8 Å². The molecule has 2 unspecified atom stereocenters. The van der Waals surface area contributed by atoms with E-state index in [1.54, 1.807) is 37.6 Å². The maximum Gasteiger partial charge on any atom is 0.421 e.